The number of aromatic nitrogens is 3. The third kappa shape index (κ3) is 3.16. The number of amides is 1. The van der Waals surface area contributed by atoms with Crippen molar-refractivity contribution in [2.45, 2.75) is 20.3 Å². The number of rotatable bonds is 4. The average Bonchev–Trinajstić information content (AvgIpc) is 2.99. The second kappa shape index (κ2) is 5.77. The summed E-state index contributed by atoms with van der Waals surface area (Å²) in [6.07, 6.45) is 5.97. The van der Waals surface area contributed by atoms with E-state index in [1.54, 1.807) is 17.9 Å². The summed E-state index contributed by atoms with van der Waals surface area (Å²) >= 11 is 1.50. The first kappa shape index (κ1) is 12.8. The Kier molecular flexibility index (Phi) is 4.09. The van der Waals surface area contributed by atoms with Gasteiger partial charge in [0.1, 0.15) is 12.0 Å². The zero-order valence-corrected chi connectivity index (χ0v) is 11.3. The minimum Gasteiger partial charge on any atom is -0.337 e. The van der Waals surface area contributed by atoms with Crippen LogP contribution in [0.4, 0.5) is 4.79 Å². The van der Waals surface area contributed by atoms with E-state index in [0.717, 1.165) is 17.0 Å². The first-order chi connectivity index (χ1) is 8.66. The molecule has 0 saturated carbocycles. The SMILES string of the molecule is CC(C)CCNC(=O)n1cnc(-c2cncs2)c1. The van der Waals surface area contributed by atoms with Crippen LogP contribution in [0.2, 0.25) is 0 Å². The van der Waals surface area contributed by atoms with Gasteiger partial charge in [-0.15, -0.1) is 11.3 Å². The van der Waals surface area contributed by atoms with E-state index in [-0.39, 0.29) is 6.03 Å². The molecule has 0 aliphatic rings. The quantitative estimate of drug-likeness (QED) is 0.923. The normalized spacial score (nSPS) is 10.8. The molecular formula is C12H16N4OS. The Bertz CT molecular complexity index is 504. The fourth-order valence-electron chi connectivity index (χ4n) is 1.46. The predicted octanol–water partition coefficient (Wildman–Crippen LogP) is 2.61. The molecule has 0 aliphatic heterocycles. The van der Waals surface area contributed by atoms with E-state index in [9.17, 15) is 4.79 Å². The van der Waals surface area contributed by atoms with Crippen molar-refractivity contribution >= 4 is 17.4 Å². The first-order valence-electron chi connectivity index (χ1n) is 5.88. The molecule has 0 saturated heterocycles. The Hall–Kier alpha value is -1.69. The number of hydrogen-bond acceptors (Lipinski definition) is 4. The molecule has 0 atom stereocenters. The van der Waals surface area contributed by atoms with E-state index in [2.05, 4.69) is 29.1 Å². The fraction of sp³-hybridized carbons (Fsp3) is 0.417. The zero-order chi connectivity index (χ0) is 13.0. The highest BCUT2D eigenvalue weighted by molar-refractivity contribution is 7.13. The van der Waals surface area contributed by atoms with Gasteiger partial charge in [-0.05, 0) is 12.3 Å². The lowest BCUT2D eigenvalue weighted by Gasteiger charge is -2.06. The highest BCUT2D eigenvalue weighted by atomic mass is 32.1. The molecule has 1 amide bonds. The molecule has 2 aromatic rings. The minimum absolute atomic E-state index is 0.140. The summed E-state index contributed by atoms with van der Waals surface area (Å²) in [5, 5.41) is 2.86. The lowest BCUT2D eigenvalue weighted by Crippen LogP contribution is -2.29. The number of nitrogens with zero attached hydrogens (tertiary/aromatic N) is 3. The average molecular weight is 264 g/mol. The maximum atomic E-state index is 11.8. The van der Waals surface area contributed by atoms with Crippen LogP contribution in [-0.4, -0.2) is 27.1 Å². The lowest BCUT2D eigenvalue weighted by atomic mass is 10.1. The number of carbonyl (C=O) groups is 1. The van der Waals surface area contributed by atoms with Gasteiger partial charge in [-0.1, -0.05) is 13.8 Å². The monoisotopic (exact) mass is 264 g/mol. The van der Waals surface area contributed by atoms with Gasteiger partial charge in [0.05, 0.1) is 10.4 Å². The molecule has 2 aromatic heterocycles. The number of carbonyl (C=O) groups excluding carboxylic acids is 1. The van der Waals surface area contributed by atoms with Crippen LogP contribution in [-0.2, 0) is 0 Å². The molecule has 0 fully saturated rings. The summed E-state index contributed by atoms with van der Waals surface area (Å²) in [6, 6.07) is -0.140. The predicted molar refractivity (Wildman–Crippen MR) is 71.6 cm³/mol. The van der Waals surface area contributed by atoms with Crippen molar-refractivity contribution in [2.75, 3.05) is 6.54 Å². The van der Waals surface area contributed by atoms with Gasteiger partial charge in [0, 0.05) is 18.9 Å². The molecule has 0 aliphatic carbocycles. The smallest absolute Gasteiger partial charge is 0.326 e. The van der Waals surface area contributed by atoms with Crippen LogP contribution < -0.4 is 5.32 Å². The maximum absolute atomic E-state index is 11.8. The highest BCUT2D eigenvalue weighted by Crippen LogP contribution is 2.20. The number of imidazole rings is 1. The molecule has 2 heterocycles. The third-order valence-corrected chi connectivity index (χ3v) is 3.30. The van der Waals surface area contributed by atoms with Gasteiger partial charge >= 0.3 is 6.03 Å². The van der Waals surface area contributed by atoms with Crippen molar-refractivity contribution in [3.8, 4) is 10.6 Å². The summed E-state index contributed by atoms with van der Waals surface area (Å²) < 4.78 is 1.47. The van der Waals surface area contributed by atoms with E-state index < -0.39 is 0 Å². The largest absolute Gasteiger partial charge is 0.337 e. The van der Waals surface area contributed by atoms with Crippen molar-refractivity contribution in [1.82, 2.24) is 19.9 Å². The summed E-state index contributed by atoms with van der Waals surface area (Å²) in [7, 11) is 0. The lowest BCUT2D eigenvalue weighted by molar-refractivity contribution is 0.242. The van der Waals surface area contributed by atoms with Gasteiger partial charge in [0.2, 0.25) is 0 Å². The number of thiazole rings is 1. The molecule has 0 bridgehead atoms. The van der Waals surface area contributed by atoms with Crippen LogP contribution in [0, 0.1) is 5.92 Å². The van der Waals surface area contributed by atoms with Gasteiger partial charge < -0.3 is 5.32 Å². The van der Waals surface area contributed by atoms with Gasteiger partial charge in [0.15, 0.2) is 0 Å². The van der Waals surface area contributed by atoms with Crippen LogP contribution in [0.15, 0.2) is 24.2 Å². The molecule has 2 rings (SSSR count). The van der Waals surface area contributed by atoms with Gasteiger partial charge in [-0.2, -0.15) is 0 Å². The van der Waals surface area contributed by atoms with E-state index in [1.165, 1.54) is 22.2 Å². The van der Waals surface area contributed by atoms with Gasteiger partial charge in [-0.3, -0.25) is 9.55 Å². The Morgan fingerprint density at radius 1 is 1.56 bits per heavy atom. The van der Waals surface area contributed by atoms with Gasteiger partial charge in [0.25, 0.3) is 0 Å². The van der Waals surface area contributed by atoms with Crippen molar-refractivity contribution in [3.05, 3.63) is 24.2 Å². The standard InChI is InChI=1S/C12H16N4OS/c1-9(2)3-4-14-12(17)16-6-10(15-7-16)11-5-13-8-18-11/h5-9H,3-4H2,1-2H3,(H,14,17). The molecule has 0 aromatic carbocycles. The topological polar surface area (TPSA) is 59.8 Å². The number of hydrogen-bond donors (Lipinski definition) is 1. The molecule has 6 heteroatoms. The van der Waals surface area contributed by atoms with Crippen molar-refractivity contribution < 1.29 is 4.79 Å². The molecule has 1 N–H and O–H groups in total. The molecule has 18 heavy (non-hydrogen) atoms. The van der Waals surface area contributed by atoms with Crippen LogP contribution in [0.1, 0.15) is 20.3 Å². The Morgan fingerprint density at radius 2 is 2.39 bits per heavy atom. The Balaban J connectivity index is 1.95. The highest BCUT2D eigenvalue weighted by Gasteiger charge is 2.08. The van der Waals surface area contributed by atoms with Gasteiger partial charge in [-0.25, -0.2) is 9.78 Å². The van der Waals surface area contributed by atoms with Crippen LogP contribution >= 0.6 is 11.3 Å². The van der Waals surface area contributed by atoms with Crippen molar-refractivity contribution in [2.24, 2.45) is 5.92 Å². The molecule has 0 unspecified atom stereocenters. The summed E-state index contributed by atoms with van der Waals surface area (Å²) in [4.78, 5) is 21.0. The minimum atomic E-state index is -0.140. The zero-order valence-electron chi connectivity index (χ0n) is 10.5. The second-order valence-electron chi connectivity index (χ2n) is 4.45. The van der Waals surface area contributed by atoms with E-state index in [0.29, 0.717) is 12.5 Å². The van der Waals surface area contributed by atoms with E-state index in [1.807, 2.05) is 0 Å². The molecule has 96 valence electrons. The Morgan fingerprint density at radius 3 is 3.06 bits per heavy atom. The van der Waals surface area contributed by atoms with Crippen LogP contribution in [0.25, 0.3) is 10.6 Å². The molecular weight excluding hydrogens is 248 g/mol. The molecule has 0 radical (unpaired) electrons. The first-order valence-corrected chi connectivity index (χ1v) is 6.76. The van der Waals surface area contributed by atoms with Crippen LogP contribution in [0.3, 0.4) is 0 Å². The van der Waals surface area contributed by atoms with Crippen molar-refractivity contribution in [1.29, 1.82) is 0 Å². The van der Waals surface area contributed by atoms with Crippen LogP contribution in [0.5, 0.6) is 0 Å². The summed E-state index contributed by atoms with van der Waals surface area (Å²) in [6.45, 7) is 4.95. The van der Waals surface area contributed by atoms with E-state index in [4.69, 9.17) is 0 Å². The molecule has 0 spiro atoms. The summed E-state index contributed by atoms with van der Waals surface area (Å²) in [5.41, 5.74) is 2.52. The van der Waals surface area contributed by atoms with Crippen molar-refractivity contribution in [3.63, 3.8) is 0 Å². The maximum Gasteiger partial charge on any atom is 0.326 e. The number of nitrogens with one attached hydrogen (secondary N) is 1. The van der Waals surface area contributed by atoms with E-state index >= 15 is 0 Å². The third-order valence-electron chi connectivity index (χ3n) is 2.50. The Labute approximate surface area is 110 Å². The molecule has 5 nitrogen and oxygen atoms in total. The summed E-state index contributed by atoms with van der Waals surface area (Å²) in [5.74, 6) is 0.584. The fourth-order valence-corrected chi connectivity index (χ4v) is 2.05. The second-order valence-corrected chi connectivity index (χ2v) is 5.33.